The van der Waals surface area contributed by atoms with Crippen LogP contribution < -0.4 is 10.6 Å². The van der Waals surface area contributed by atoms with Crippen LogP contribution in [0.15, 0.2) is 0 Å². The Kier molecular flexibility index (Phi) is 9.11. The molecule has 0 aliphatic heterocycles. The summed E-state index contributed by atoms with van der Waals surface area (Å²) >= 11 is 0. The lowest BCUT2D eigenvalue weighted by atomic mass is 9.96. The number of carboxylic acids is 1. The number of hydrogen-bond acceptors (Lipinski definition) is 4. The summed E-state index contributed by atoms with van der Waals surface area (Å²) in [6.07, 6.45) is 0. The van der Waals surface area contributed by atoms with Gasteiger partial charge in [-0.3, -0.25) is 9.59 Å². The fraction of sp³-hybridized carbons (Fsp3) is 0.769. The van der Waals surface area contributed by atoms with Crippen LogP contribution in [0.1, 0.15) is 13.8 Å². The Hall–Kier alpha value is -1.83. The van der Waals surface area contributed by atoms with Crippen LogP contribution in [-0.2, 0) is 14.3 Å². The minimum absolute atomic E-state index is 0.0292. The van der Waals surface area contributed by atoms with Crippen LogP contribution in [-0.4, -0.2) is 68.3 Å². The fourth-order valence-electron chi connectivity index (χ4n) is 1.58. The summed E-state index contributed by atoms with van der Waals surface area (Å²) in [6, 6.07) is -0.483. The van der Waals surface area contributed by atoms with Crippen molar-refractivity contribution in [3.05, 3.63) is 0 Å². The van der Waals surface area contributed by atoms with Crippen LogP contribution in [0.2, 0.25) is 0 Å². The molecule has 8 nitrogen and oxygen atoms in total. The van der Waals surface area contributed by atoms with Gasteiger partial charge in [0.05, 0.1) is 12.5 Å². The molecule has 0 heterocycles. The monoisotopic (exact) mass is 303 g/mol. The summed E-state index contributed by atoms with van der Waals surface area (Å²) in [4.78, 5) is 35.5. The van der Waals surface area contributed by atoms with Gasteiger partial charge in [0.15, 0.2) is 0 Å². The summed E-state index contributed by atoms with van der Waals surface area (Å²) in [5.41, 5.74) is 0. The minimum Gasteiger partial charge on any atom is -0.481 e. The first-order chi connectivity index (χ1) is 9.79. The van der Waals surface area contributed by atoms with E-state index in [-0.39, 0.29) is 24.9 Å². The maximum Gasteiger partial charge on any atom is 0.317 e. The van der Waals surface area contributed by atoms with Gasteiger partial charge < -0.3 is 25.4 Å². The fourth-order valence-corrected chi connectivity index (χ4v) is 1.58. The third kappa shape index (κ3) is 8.13. The summed E-state index contributed by atoms with van der Waals surface area (Å²) in [7, 11) is 3.00. The number of nitrogens with zero attached hydrogens (tertiary/aromatic N) is 1. The lowest BCUT2D eigenvalue weighted by molar-refractivity contribution is -0.143. The van der Waals surface area contributed by atoms with Crippen molar-refractivity contribution >= 4 is 17.9 Å². The highest BCUT2D eigenvalue weighted by molar-refractivity contribution is 5.84. The molecule has 0 saturated heterocycles. The van der Waals surface area contributed by atoms with E-state index in [1.165, 1.54) is 19.1 Å². The highest BCUT2D eigenvalue weighted by Crippen LogP contribution is 2.09. The van der Waals surface area contributed by atoms with E-state index in [1.807, 2.05) is 0 Å². The zero-order chi connectivity index (χ0) is 16.4. The Morgan fingerprint density at radius 2 is 1.86 bits per heavy atom. The van der Waals surface area contributed by atoms with Gasteiger partial charge >= 0.3 is 12.0 Å². The maximum absolute atomic E-state index is 11.8. The van der Waals surface area contributed by atoms with E-state index in [0.29, 0.717) is 13.2 Å². The SMILES string of the molecule is COCCNC(=O)CN(C)C(=O)NCC(C(=O)O)C(C)C. The molecule has 0 aromatic heterocycles. The number of urea groups is 1. The molecular formula is C13H25N3O5. The molecule has 0 fully saturated rings. The Labute approximate surface area is 124 Å². The first-order valence-corrected chi connectivity index (χ1v) is 6.77. The van der Waals surface area contributed by atoms with E-state index in [0.717, 1.165) is 0 Å². The van der Waals surface area contributed by atoms with Crippen molar-refractivity contribution in [1.82, 2.24) is 15.5 Å². The van der Waals surface area contributed by atoms with Gasteiger partial charge in [-0.15, -0.1) is 0 Å². The summed E-state index contributed by atoms with van der Waals surface area (Å²) in [5, 5.41) is 14.1. The van der Waals surface area contributed by atoms with E-state index >= 15 is 0 Å². The predicted molar refractivity (Wildman–Crippen MR) is 76.9 cm³/mol. The van der Waals surface area contributed by atoms with Crippen molar-refractivity contribution < 1.29 is 24.2 Å². The predicted octanol–water partition coefficient (Wildman–Crippen LogP) is -0.253. The van der Waals surface area contributed by atoms with Crippen molar-refractivity contribution in [1.29, 1.82) is 0 Å². The quantitative estimate of drug-likeness (QED) is 0.509. The number of carbonyl (C=O) groups is 3. The molecule has 122 valence electrons. The molecule has 3 amide bonds. The van der Waals surface area contributed by atoms with Crippen molar-refractivity contribution in [2.45, 2.75) is 13.8 Å². The number of likely N-dealkylation sites (N-methyl/N-ethyl adjacent to an activating group) is 1. The second-order valence-corrected chi connectivity index (χ2v) is 5.07. The number of amides is 3. The summed E-state index contributed by atoms with van der Waals surface area (Å²) < 4.78 is 4.79. The van der Waals surface area contributed by atoms with Gasteiger partial charge in [-0.25, -0.2) is 4.79 Å². The van der Waals surface area contributed by atoms with Crippen LogP contribution in [0.5, 0.6) is 0 Å². The molecule has 0 radical (unpaired) electrons. The Bertz CT molecular complexity index is 360. The lowest BCUT2D eigenvalue weighted by Crippen LogP contribution is -2.46. The Balaban J connectivity index is 4.15. The van der Waals surface area contributed by atoms with Crippen molar-refractivity contribution in [2.75, 3.05) is 40.4 Å². The molecule has 8 heteroatoms. The van der Waals surface area contributed by atoms with E-state index in [2.05, 4.69) is 10.6 Å². The van der Waals surface area contributed by atoms with Gasteiger partial charge in [-0.05, 0) is 5.92 Å². The topological polar surface area (TPSA) is 108 Å². The number of nitrogens with one attached hydrogen (secondary N) is 2. The molecule has 0 aromatic carbocycles. The van der Waals surface area contributed by atoms with Crippen LogP contribution in [0.3, 0.4) is 0 Å². The molecule has 0 aliphatic carbocycles. The van der Waals surface area contributed by atoms with Gasteiger partial charge in [0, 0.05) is 27.2 Å². The number of hydrogen-bond donors (Lipinski definition) is 3. The molecular weight excluding hydrogens is 278 g/mol. The van der Waals surface area contributed by atoms with Crippen LogP contribution >= 0.6 is 0 Å². The van der Waals surface area contributed by atoms with Crippen molar-refractivity contribution in [3.63, 3.8) is 0 Å². The standard InChI is InChI=1S/C13H25N3O5/c1-9(2)10(12(18)19)7-15-13(20)16(3)8-11(17)14-5-6-21-4/h9-10H,5-8H2,1-4H3,(H,14,17)(H,15,20)(H,18,19). The van der Waals surface area contributed by atoms with E-state index in [1.54, 1.807) is 13.8 Å². The number of ether oxygens (including phenoxy) is 1. The van der Waals surface area contributed by atoms with Gasteiger partial charge in [-0.2, -0.15) is 0 Å². The molecule has 0 rings (SSSR count). The molecule has 0 aromatic rings. The maximum atomic E-state index is 11.8. The summed E-state index contributed by atoms with van der Waals surface area (Å²) in [6.45, 7) is 4.25. The van der Waals surface area contributed by atoms with Crippen LogP contribution in [0.25, 0.3) is 0 Å². The molecule has 0 saturated carbocycles. The molecule has 0 aliphatic rings. The zero-order valence-electron chi connectivity index (χ0n) is 13.0. The van der Waals surface area contributed by atoms with Gasteiger partial charge in [0.25, 0.3) is 0 Å². The van der Waals surface area contributed by atoms with Gasteiger partial charge in [0.2, 0.25) is 5.91 Å². The first-order valence-electron chi connectivity index (χ1n) is 6.77. The number of rotatable bonds is 9. The highest BCUT2D eigenvalue weighted by Gasteiger charge is 2.23. The number of carboxylic acid groups (broad SMARTS) is 1. The Morgan fingerprint density at radius 3 is 2.33 bits per heavy atom. The number of carbonyl (C=O) groups excluding carboxylic acids is 2. The summed E-state index contributed by atoms with van der Waals surface area (Å²) in [5.74, 6) is -2.00. The van der Waals surface area contributed by atoms with Crippen LogP contribution in [0.4, 0.5) is 4.79 Å². The molecule has 1 unspecified atom stereocenters. The van der Waals surface area contributed by atoms with Crippen LogP contribution in [0, 0.1) is 11.8 Å². The molecule has 3 N–H and O–H groups in total. The molecule has 1 atom stereocenters. The third-order valence-corrected chi connectivity index (χ3v) is 2.95. The lowest BCUT2D eigenvalue weighted by Gasteiger charge is -2.21. The van der Waals surface area contributed by atoms with E-state index in [4.69, 9.17) is 9.84 Å². The van der Waals surface area contributed by atoms with E-state index < -0.39 is 17.9 Å². The third-order valence-electron chi connectivity index (χ3n) is 2.95. The average Bonchev–Trinajstić information content (AvgIpc) is 2.37. The van der Waals surface area contributed by atoms with Crippen molar-refractivity contribution in [3.8, 4) is 0 Å². The van der Waals surface area contributed by atoms with E-state index in [9.17, 15) is 14.4 Å². The molecule has 0 spiro atoms. The second-order valence-electron chi connectivity index (χ2n) is 5.07. The number of aliphatic carboxylic acids is 1. The average molecular weight is 303 g/mol. The minimum atomic E-state index is -0.953. The molecule has 21 heavy (non-hydrogen) atoms. The molecule has 0 bridgehead atoms. The highest BCUT2D eigenvalue weighted by atomic mass is 16.5. The number of methoxy groups -OCH3 is 1. The second kappa shape index (κ2) is 9.98. The Morgan fingerprint density at radius 1 is 1.24 bits per heavy atom. The van der Waals surface area contributed by atoms with Crippen molar-refractivity contribution in [2.24, 2.45) is 11.8 Å². The normalized spacial score (nSPS) is 11.9. The van der Waals surface area contributed by atoms with Gasteiger partial charge in [0.1, 0.15) is 6.54 Å². The zero-order valence-corrected chi connectivity index (χ0v) is 13.0. The smallest absolute Gasteiger partial charge is 0.317 e. The van der Waals surface area contributed by atoms with Gasteiger partial charge in [-0.1, -0.05) is 13.8 Å². The first kappa shape index (κ1) is 19.2. The largest absolute Gasteiger partial charge is 0.481 e.